The molecule has 1 atom stereocenters. The van der Waals surface area contributed by atoms with Crippen molar-refractivity contribution in [3.8, 4) is 5.75 Å². The number of nitrogen functional groups attached to an aromatic ring is 1. The number of benzene rings is 1. The van der Waals surface area contributed by atoms with Crippen LogP contribution in [0.5, 0.6) is 5.75 Å². The van der Waals surface area contributed by atoms with Crippen molar-refractivity contribution >= 4 is 41.0 Å². The summed E-state index contributed by atoms with van der Waals surface area (Å²) in [6, 6.07) is 3.28. The van der Waals surface area contributed by atoms with Gasteiger partial charge in [0.15, 0.2) is 0 Å². The van der Waals surface area contributed by atoms with Crippen LogP contribution >= 0.6 is 11.6 Å². The SMILES string of the molecule is COc1cc(N)c(Cl)cc1C(=O)NC1CCN(CC2CCN(C(=O)CC3CCOC3)CC2)CC1.O=C(O)/C=C/C(=O)O. The molecule has 1 aromatic rings. The van der Waals surface area contributed by atoms with Gasteiger partial charge in [-0.3, -0.25) is 9.59 Å². The molecule has 3 saturated heterocycles. The average Bonchev–Trinajstić information content (AvgIpc) is 3.48. The van der Waals surface area contributed by atoms with Gasteiger partial charge in [-0.25, -0.2) is 9.59 Å². The lowest BCUT2D eigenvalue weighted by molar-refractivity contribution is -0.134. The molecule has 0 bridgehead atoms. The van der Waals surface area contributed by atoms with Gasteiger partial charge in [0.1, 0.15) is 5.75 Å². The summed E-state index contributed by atoms with van der Waals surface area (Å²) < 4.78 is 10.7. The van der Waals surface area contributed by atoms with Crippen LogP contribution < -0.4 is 15.8 Å². The van der Waals surface area contributed by atoms with E-state index in [-0.39, 0.29) is 11.9 Å². The highest BCUT2D eigenvalue weighted by Gasteiger charge is 2.29. The molecule has 12 nitrogen and oxygen atoms in total. The number of methoxy groups -OCH3 is 1. The summed E-state index contributed by atoms with van der Waals surface area (Å²) in [5, 5.41) is 19.1. The maximum atomic E-state index is 12.8. The zero-order valence-electron chi connectivity index (χ0n) is 23.9. The molecule has 232 valence electrons. The van der Waals surface area contributed by atoms with Crippen LogP contribution in [-0.2, 0) is 19.1 Å². The number of carboxylic acid groups (broad SMARTS) is 2. The van der Waals surface area contributed by atoms with Gasteiger partial charge in [0, 0.05) is 76.6 Å². The van der Waals surface area contributed by atoms with Crippen LogP contribution in [0.15, 0.2) is 24.3 Å². The van der Waals surface area contributed by atoms with Crippen molar-refractivity contribution < 1.29 is 38.9 Å². The first kappa shape index (κ1) is 33.2. The molecule has 4 rings (SSSR count). The largest absolute Gasteiger partial charge is 0.496 e. The Morgan fingerprint density at radius 2 is 1.67 bits per heavy atom. The summed E-state index contributed by atoms with van der Waals surface area (Å²) >= 11 is 6.11. The molecule has 3 aliphatic heterocycles. The summed E-state index contributed by atoms with van der Waals surface area (Å²) in [7, 11) is 1.52. The van der Waals surface area contributed by atoms with Crippen LogP contribution in [0.1, 0.15) is 48.9 Å². The smallest absolute Gasteiger partial charge is 0.328 e. The van der Waals surface area contributed by atoms with E-state index in [9.17, 15) is 19.2 Å². The number of nitrogens with one attached hydrogen (secondary N) is 1. The molecular formula is C29H41ClN4O8. The fourth-order valence-electron chi connectivity index (χ4n) is 5.43. The van der Waals surface area contributed by atoms with Crippen molar-refractivity contribution in [2.75, 3.05) is 58.8 Å². The standard InChI is InChI=1S/C25H37ClN4O4.C4H4O4/c1-33-23-14-22(27)21(26)13-20(23)25(32)28-19-4-7-29(8-5-19)15-17-2-9-30(10-3-17)24(31)12-18-6-11-34-16-18;5-3(6)1-2-4(7)8/h13-14,17-19H,2-12,15-16,27H2,1H3,(H,28,32);1-2H,(H,5,6)(H,7,8)/b;2-1+. The molecular weight excluding hydrogens is 568 g/mol. The number of carbonyl (C=O) groups is 4. The number of halogens is 1. The lowest BCUT2D eigenvalue weighted by Gasteiger charge is -2.38. The number of ether oxygens (including phenoxy) is 2. The minimum absolute atomic E-state index is 0.129. The lowest BCUT2D eigenvalue weighted by atomic mass is 9.94. The Kier molecular flexibility index (Phi) is 12.9. The number of nitrogens with zero attached hydrogens (tertiary/aromatic N) is 2. The molecule has 1 unspecified atom stereocenters. The second-order valence-electron chi connectivity index (χ2n) is 10.9. The van der Waals surface area contributed by atoms with Crippen molar-refractivity contribution in [3.63, 3.8) is 0 Å². The van der Waals surface area contributed by atoms with E-state index in [1.165, 1.54) is 7.11 Å². The van der Waals surface area contributed by atoms with E-state index in [2.05, 4.69) is 10.2 Å². The second kappa shape index (κ2) is 16.3. The molecule has 0 saturated carbocycles. The number of hydrogen-bond acceptors (Lipinski definition) is 8. The Labute approximate surface area is 250 Å². The highest BCUT2D eigenvalue weighted by Crippen LogP contribution is 2.29. The summed E-state index contributed by atoms with van der Waals surface area (Å²) in [5.41, 5.74) is 6.62. The van der Waals surface area contributed by atoms with Crippen LogP contribution in [0.2, 0.25) is 5.02 Å². The summed E-state index contributed by atoms with van der Waals surface area (Å²) in [4.78, 5) is 49.0. The monoisotopic (exact) mass is 608 g/mol. The Balaban J connectivity index is 0.000000531. The third-order valence-electron chi connectivity index (χ3n) is 7.83. The zero-order chi connectivity index (χ0) is 30.6. The van der Waals surface area contributed by atoms with Crippen molar-refractivity contribution in [2.45, 2.75) is 44.6 Å². The molecule has 3 fully saturated rings. The van der Waals surface area contributed by atoms with Crippen LogP contribution in [0, 0.1) is 11.8 Å². The lowest BCUT2D eigenvalue weighted by Crippen LogP contribution is -2.47. The first-order valence-corrected chi connectivity index (χ1v) is 14.6. The van der Waals surface area contributed by atoms with Gasteiger partial charge in [0.2, 0.25) is 5.91 Å². The molecule has 0 aromatic heterocycles. The quantitative estimate of drug-likeness (QED) is 0.241. The third-order valence-corrected chi connectivity index (χ3v) is 8.15. The van der Waals surface area contributed by atoms with Crippen LogP contribution in [0.4, 0.5) is 5.69 Å². The van der Waals surface area contributed by atoms with Gasteiger partial charge < -0.3 is 40.5 Å². The van der Waals surface area contributed by atoms with Crippen LogP contribution in [0.3, 0.4) is 0 Å². The molecule has 0 spiro atoms. The van der Waals surface area contributed by atoms with E-state index in [4.69, 9.17) is 37.0 Å². The predicted molar refractivity (Wildman–Crippen MR) is 157 cm³/mol. The maximum absolute atomic E-state index is 12.8. The normalized spacial score (nSPS) is 20.1. The number of amides is 2. The van der Waals surface area contributed by atoms with Crippen molar-refractivity contribution in [2.24, 2.45) is 11.8 Å². The molecule has 1 aromatic carbocycles. The first-order valence-electron chi connectivity index (χ1n) is 14.2. The first-order chi connectivity index (χ1) is 20.0. The van der Waals surface area contributed by atoms with Gasteiger partial charge >= 0.3 is 11.9 Å². The van der Waals surface area contributed by atoms with Gasteiger partial charge in [-0.05, 0) is 50.0 Å². The molecule has 13 heteroatoms. The third kappa shape index (κ3) is 10.5. The van der Waals surface area contributed by atoms with E-state index < -0.39 is 11.9 Å². The minimum atomic E-state index is -1.26. The predicted octanol–water partition coefficient (Wildman–Crippen LogP) is 2.50. The van der Waals surface area contributed by atoms with E-state index in [0.717, 1.165) is 78.0 Å². The van der Waals surface area contributed by atoms with E-state index >= 15 is 0 Å². The van der Waals surface area contributed by atoms with Crippen molar-refractivity contribution in [1.29, 1.82) is 0 Å². The van der Waals surface area contributed by atoms with E-state index in [0.29, 0.717) is 58.3 Å². The van der Waals surface area contributed by atoms with Gasteiger partial charge in [-0.1, -0.05) is 11.6 Å². The van der Waals surface area contributed by atoms with Crippen molar-refractivity contribution in [3.05, 3.63) is 34.9 Å². The number of rotatable bonds is 9. The summed E-state index contributed by atoms with van der Waals surface area (Å²) in [6.45, 7) is 6.27. The molecule has 3 heterocycles. The van der Waals surface area contributed by atoms with Gasteiger partial charge in [-0.15, -0.1) is 0 Å². The molecule has 2 amide bonds. The van der Waals surface area contributed by atoms with E-state index in [1.54, 1.807) is 12.1 Å². The van der Waals surface area contributed by atoms with Gasteiger partial charge in [0.05, 0.1) is 23.4 Å². The Morgan fingerprint density at radius 3 is 2.21 bits per heavy atom. The number of nitrogens with two attached hydrogens (primary N) is 1. The Bertz CT molecular complexity index is 1110. The Hall–Kier alpha value is -3.35. The average molecular weight is 609 g/mol. The summed E-state index contributed by atoms with van der Waals surface area (Å²) in [6.07, 6.45) is 6.74. The molecule has 42 heavy (non-hydrogen) atoms. The number of hydrogen-bond donors (Lipinski definition) is 4. The minimum Gasteiger partial charge on any atom is -0.496 e. The number of aliphatic carboxylic acids is 2. The number of likely N-dealkylation sites (tertiary alicyclic amines) is 2. The zero-order valence-corrected chi connectivity index (χ0v) is 24.7. The van der Waals surface area contributed by atoms with Gasteiger partial charge in [-0.2, -0.15) is 0 Å². The van der Waals surface area contributed by atoms with Crippen LogP contribution in [-0.4, -0.2) is 103 Å². The maximum Gasteiger partial charge on any atom is 0.328 e. The number of piperidine rings is 2. The molecule has 0 radical (unpaired) electrons. The van der Waals surface area contributed by atoms with Crippen molar-refractivity contribution in [1.82, 2.24) is 15.1 Å². The Morgan fingerprint density at radius 1 is 1.02 bits per heavy atom. The van der Waals surface area contributed by atoms with Gasteiger partial charge in [0.25, 0.3) is 5.91 Å². The fraction of sp³-hybridized carbons (Fsp3) is 0.586. The molecule has 3 aliphatic rings. The van der Waals surface area contributed by atoms with Crippen LogP contribution in [0.25, 0.3) is 0 Å². The molecule has 5 N–H and O–H groups in total. The number of carbonyl (C=O) groups excluding carboxylic acids is 2. The fourth-order valence-corrected chi connectivity index (χ4v) is 5.60. The number of anilines is 1. The topological polar surface area (TPSA) is 172 Å². The highest BCUT2D eigenvalue weighted by atomic mass is 35.5. The number of carboxylic acids is 2. The second-order valence-corrected chi connectivity index (χ2v) is 11.3. The highest BCUT2D eigenvalue weighted by molar-refractivity contribution is 6.33. The van der Waals surface area contributed by atoms with E-state index in [1.807, 2.05) is 4.90 Å². The summed E-state index contributed by atoms with van der Waals surface area (Å²) in [5.74, 6) is -0.933. The molecule has 0 aliphatic carbocycles.